The summed E-state index contributed by atoms with van der Waals surface area (Å²) in [5, 5.41) is 3.77. The molecular weight excluding hydrogens is 354 g/mol. The predicted octanol–water partition coefficient (Wildman–Crippen LogP) is 3.56. The second-order valence-corrected chi connectivity index (χ2v) is 7.80. The highest BCUT2D eigenvalue weighted by molar-refractivity contribution is 7.99. The van der Waals surface area contributed by atoms with Gasteiger partial charge in [0.1, 0.15) is 0 Å². The molecule has 0 aliphatic rings. The number of imidazole rings is 1. The molecule has 1 N–H and O–H groups in total. The number of anilines is 1. The van der Waals surface area contributed by atoms with Gasteiger partial charge >= 0.3 is 0 Å². The number of carbonyl (C=O) groups excluding carboxylic acids is 1. The van der Waals surface area contributed by atoms with Crippen molar-refractivity contribution < 1.29 is 9.00 Å². The Morgan fingerprint density at radius 2 is 1.80 bits per heavy atom. The molecule has 1 heterocycles. The van der Waals surface area contributed by atoms with Crippen LogP contribution in [0.25, 0.3) is 0 Å². The normalized spacial score (nSPS) is 11.9. The lowest BCUT2D eigenvalue weighted by Crippen LogP contribution is -2.11. The smallest absolute Gasteiger partial charge is 0.255 e. The molecule has 0 bridgehead atoms. The van der Waals surface area contributed by atoms with E-state index in [2.05, 4.69) is 10.3 Å². The molecule has 0 aliphatic carbocycles. The first-order valence-corrected chi connectivity index (χ1v) is 9.90. The first-order chi connectivity index (χ1) is 12.0. The van der Waals surface area contributed by atoms with Gasteiger partial charge in [0, 0.05) is 57.5 Å². The molecule has 1 aromatic heterocycles. The van der Waals surface area contributed by atoms with E-state index in [-0.39, 0.29) is 5.91 Å². The van der Waals surface area contributed by atoms with E-state index in [1.807, 2.05) is 42.1 Å². The van der Waals surface area contributed by atoms with E-state index in [4.69, 9.17) is 0 Å². The molecule has 1 unspecified atom stereocenters. The molecule has 128 valence electrons. The number of aromatic nitrogens is 2. The Labute approximate surface area is 152 Å². The summed E-state index contributed by atoms with van der Waals surface area (Å²) in [7, 11) is 0.900. The Kier molecular flexibility index (Phi) is 5.35. The average molecular weight is 371 g/mol. The lowest BCUT2D eigenvalue weighted by molar-refractivity contribution is 0.102. The lowest BCUT2D eigenvalue weighted by atomic mass is 10.2. The van der Waals surface area contributed by atoms with Crippen LogP contribution in [0.15, 0.2) is 75.9 Å². The molecule has 25 heavy (non-hydrogen) atoms. The van der Waals surface area contributed by atoms with Crippen molar-refractivity contribution >= 4 is 34.2 Å². The SMILES string of the molecule is Cn1ccnc1Sc1ccc(NC(=O)c2ccc(S(C)=O)cc2)cc1. The Morgan fingerprint density at radius 3 is 2.36 bits per heavy atom. The minimum atomic E-state index is -1.05. The van der Waals surface area contributed by atoms with Crippen molar-refractivity contribution in [2.24, 2.45) is 7.05 Å². The molecule has 1 atom stereocenters. The van der Waals surface area contributed by atoms with Crippen LogP contribution in [-0.4, -0.2) is 25.9 Å². The second kappa shape index (κ2) is 7.67. The fourth-order valence-corrected chi connectivity index (χ4v) is 3.48. The highest BCUT2D eigenvalue weighted by Gasteiger charge is 2.08. The van der Waals surface area contributed by atoms with Crippen LogP contribution in [0.3, 0.4) is 0 Å². The molecule has 3 rings (SSSR count). The number of hydrogen-bond donors (Lipinski definition) is 1. The zero-order valence-corrected chi connectivity index (χ0v) is 15.4. The molecule has 3 aromatic rings. The van der Waals surface area contributed by atoms with Gasteiger partial charge in [0.2, 0.25) is 0 Å². The van der Waals surface area contributed by atoms with Gasteiger partial charge in [0.25, 0.3) is 5.91 Å². The van der Waals surface area contributed by atoms with Crippen molar-refractivity contribution in [3.8, 4) is 0 Å². The summed E-state index contributed by atoms with van der Waals surface area (Å²) < 4.78 is 13.3. The number of carbonyl (C=O) groups is 1. The van der Waals surface area contributed by atoms with Gasteiger partial charge in [-0.3, -0.25) is 9.00 Å². The minimum Gasteiger partial charge on any atom is -0.329 e. The first kappa shape index (κ1) is 17.4. The Bertz CT molecular complexity index is 903. The summed E-state index contributed by atoms with van der Waals surface area (Å²) in [6, 6.07) is 14.4. The van der Waals surface area contributed by atoms with Crippen molar-refractivity contribution in [2.75, 3.05) is 11.6 Å². The maximum atomic E-state index is 12.3. The van der Waals surface area contributed by atoms with Gasteiger partial charge in [-0.05, 0) is 48.5 Å². The van der Waals surface area contributed by atoms with Crippen molar-refractivity contribution in [1.82, 2.24) is 9.55 Å². The maximum absolute atomic E-state index is 12.3. The molecule has 0 saturated carbocycles. The van der Waals surface area contributed by atoms with Crippen LogP contribution >= 0.6 is 11.8 Å². The summed E-state index contributed by atoms with van der Waals surface area (Å²) >= 11 is 1.56. The molecule has 1 amide bonds. The second-order valence-electron chi connectivity index (χ2n) is 5.38. The zero-order chi connectivity index (χ0) is 17.8. The quantitative estimate of drug-likeness (QED) is 0.745. The van der Waals surface area contributed by atoms with E-state index in [1.165, 1.54) is 0 Å². The van der Waals surface area contributed by atoms with Gasteiger partial charge in [-0.15, -0.1) is 0 Å². The molecular formula is C18H17N3O2S2. The van der Waals surface area contributed by atoms with Crippen LogP contribution in [0, 0.1) is 0 Å². The van der Waals surface area contributed by atoms with Crippen LogP contribution < -0.4 is 5.32 Å². The maximum Gasteiger partial charge on any atom is 0.255 e. The molecule has 2 aromatic carbocycles. The van der Waals surface area contributed by atoms with Crippen molar-refractivity contribution in [3.05, 3.63) is 66.5 Å². The highest BCUT2D eigenvalue weighted by Crippen LogP contribution is 2.26. The number of nitrogens with zero attached hydrogens (tertiary/aromatic N) is 2. The summed E-state index contributed by atoms with van der Waals surface area (Å²) in [6.07, 6.45) is 5.27. The molecule has 0 aliphatic heterocycles. The number of hydrogen-bond acceptors (Lipinski definition) is 4. The topological polar surface area (TPSA) is 64.0 Å². The van der Waals surface area contributed by atoms with E-state index < -0.39 is 10.8 Å². The monoisotopic (exact) mass is 371 g/mol. The van der Waals surface area contributed by atoms with E-state index in [9.17, 15) is 9.00 Å². The number of aryl methyl sites for hydroxylation is 1. The van der Waals surface area contributed by atoms with E-state index in [0.29, 0.717) is 10.5 Å². The van der Waals surface area contributed by atoms with Crippen LogP contribution in [0.1, 0.15) is 10.4 Å². The van der Waals surface area contributed by atoms with Crippen molar-refractivity contribution in [2.45, 2.75) is 14.9 Å². The van der Waals surface area contributed by atoms with Crippen LogP contribution in [0.4, 0.5) is 5.69 Å². The predicted molar refractivity (Wildman–Crippen MR) is 101 cm³/mol. The molecule has 0 saturated heterocycles. The highest BCUT2D eigenvalue weighted by atomic mass is 32.2. The molecule has 0 radical (unpaired) electrons. The number of benzene rings is 2. The van der Waals surface area contributed by atoms with Crippen LogP contribution in [-0.2, 0) is 17.8 Å². The van der Waals surface area contributed by atoms with Crippen LogP contribution in [0.2, 0.25) is 0 Å². The van der Waals surface area contributed by atoms with E-state index in [0.717, 1.165) is 15.7 Å². The van der Waals surface area contributed by atoms with Gasteiger partial charge in [-0.2, -0.15) is 0 Å². The number of nitrogens with one attached hydrogen (secondary N) is 1. The minimum absolute atomic E-state index is 0.196. The van der Waals surface area contributed by atoms with Crippen molar-refractivity contribution in [3.63, 3.8) is 0 Å². The Morgan fingerprint density at radius 1 is 1.12 bits per heavy atom. The zero-order valence-electron chi connectivity index (χ0n) is 13.8. The lowest BCUT2D eigenvalue weighted by Gasteiger charge is -2.07. The van der Waals surface area contributed by atoms with Gasteiger partial charge in [0.15, 0.2) is 5.16 Å². The first-order valence-electron chi connectivity index (χ1n) is 7.53. The van der Waals surface area contributed by atoms with Gasteiger partial charge < -0.3 is 9.88 Å². The van der Waals surface area contributed by atoms with Gasteiger partial charge in [-0.25, -0.2) is 4.98 Å². The van der Waals surface area contributed by atoms with Gasteiger partial charge in [-0.1, -0.05) is 11.8 Å². The molecule has 0 fully saturated rings. The fraction of sp³-hybridized carbons (Fsp3) is 0.111. The summed E-state index contributed by atoms with van der Waals surface area (Å²) in [4.78, 5) is 18.3. The third-order valence-electron chi connectivity index (χ3n) is 3.55. The fourth-order valence-electron chi connectivity index (χ4n) is 2.16. The third-order valence-corrected chi connectivity index (χ3v) is 5.57. The largest absolute Gasteiger partial charge is 0.329 e. The molecule has 0 spiro atoms. The molecule has 5 nitrogen and oxygen atoms in total. The number of amides is 1. The third kappa shape index (κ3) is 4.37. The van der Waals surface area contributed by atoms with Gasteiger partial charge in [0.05, 0.1) is 0 Å². The average Bonchev–Trinajstić information content (AvgIpc) is 3.01. The van der Waals surface area contributed by atoms with Crippen LogP contribution in [0.5, 0.6) is 0 Å². The van der Waals surface area contributed by atoms with E-state index in [1.54, 1.807) is 48.5 Å². The van der Waals surface area contributed by atoms with E-state index >= 15 is 0 Å². The standard InChI is InChI=1S/C18H17N3O2S2/c1-21-12-11-19-18(21)24-15-7-5-14(6-8-15)20-17(22)13-3-9-16(10-4-13)25(2)23/h3-12H,1-2H3,(H,20,22). The summed E-state index contributed by atoms with van der Waals surface area (Å²) in [5.41, 5.74) is 1.25. The molecule has 7 heteroatoms. The summed E-state index contributed by atoms with van der Waals surface area (Å²) in [6.45, 7) is 0. The Balaban J connectivity index is 1.65. The number of rotatable bonds is 5. The Hall–Kier alpha value is -2.38. The van der Waals surface area contributed by atoms with Crippen molar-refractivity contribution in [1.29, 1.82) is 0 Å². The summed E-state index contributed by atoms with van der Waals surface area (Å²) in [5.74, 6) is -0.196.